The van der Waals surface area contributed by atoms with Crippen molar-refractivity contribution in [3.05, 3.63) is 48.3 Å². The van der Waals surface area contributed by atoms with Gasteiger partial charge in [-0.05, 0) is 24.3 Å². The standard InChI is InChI=1S/C17H17N3O4/c1-12(21)20(14-4-5-15-16(9-14)24-11-23-15)8-7-19-17(22)13-3-2-6-18-10-13/h2-6,9-10H,7-8,11H2,1H3,(H,19,22). The fourth-order valence-corrected chi connectivity index (χ4v) is 2.40. The molecular weight excluding hydrogens is 310 g/mol. The van der Waals surface area contributed by atoms with E-state index >= 15 is 0 Å². The second-order valence-corrected chi connectivity index (χ2v) is 5.21. The SMILES string of the molecule is CC(=O)N(CCNC(=O)c1cccnc1)c1ccc2c(c1)OCO2. The third-order valence-corrected chi connectivity index (χ3v) is 3.59. The van der Waals surface area contributed by atoms with Crippen LogP contribution in [-0.2, 0) is 4.79 Å². The van der Waals surface area contributed by atoms with E-state index in [9.17, 15) is 9.59 Å². The molecule has 7 heteroatoms. The lowest BCUT2D eigenvalue weighted by Crippen LogP contribution is -2.37. The highest BCUT2D eigenvalue weighted by Gasteiger charge is 2.18. The lowest BCUT2D eigenvalue weighted by molar-refractivity contribution is -0.116. The fraction of sp³-hybridized carbons (Fsp3) is 0.235. The van der Waals surface area contributed by atoms with E-state index in [4.69, 9.17) is 9.47 Å². The summed E-state index contributed by atoms with van der Waals surface area (Å²) in [6, 6.07) is 8.69. The second-order valence-electron chi connectivity index (χ2n) is 5.21. The van der Waals surface area contributed by atoms with Crippen LogP contribution < -0.4 is 19.7 Å². The van der Waals surface area contributed by atoms with Crippen molar-refractivity contribution < 1.29 is 19.1 Å². The maximum Gasteiger partial charge on any atom is 0.252 e. The van der Waals surface area contributed by atoms with Crippen LogP contribution in [0.3, 0.4) is 0 Å². The zero-order valence-corrected chi connectivity index (χ0v) is 13.2. The first kappa shape index (κ1) is 15.8. The molecule has 1 aromatic carbocycles. The minimum Gasteiger partial charge on any atom is -0.454 e. The molecule has 0 saturated heterocycles. The number of aromatic nitrogens is 1. The molecule has 1 aliphatic rings. The number of pyridine rings is 1. The summed E-state index contributed by atoms with van der Waals surface area (Å²) >= 11 is 0. The predicted octanol–water partition coefficient (Wildman–Crippen LogP) is 1.59. The molecule has 0 saturated carbocycles. The van der Waals surface area contributed by atoms with E-state index in [0.717, 1.165) is 0 Å². The van der Waals surface area contributed by atoms with Gasteiger partial charge in [0.15, 0.2) is 11.5 Å². The summed E-state index contributed by atoms with van der Waals surface area (Å²) in [6.07, 6.45) is 3.10. The number of rotatable bonds is 5. The Hall–Kier alpha value is -3.09. The Morgan fingerprint density at radius 1 is 1.25 bits per heavy atom. The Morgan fingerprint density at radius 3 is 2.83 bits per heavy atom. The molecule has 0 fully saturated rings. The van der Waals surface area contributed by atoms with Crippen molar-refractivity contribution in [2.24, 2.45) is 0 Å². The van der Waals surface area contributed by atoms with Crippen LogP contribution in [0.4, 0.5) is 5.69 Å². The highest BCUT2D eigenvalue weighted by Crippen LogP contribution is 2.35. The molecule has 24 heavy (non-hydrogen) atoms. The van der Waals surface area contributed by atoms with E-state index < -0.39 is 0 Å². The number of ether oxygens (including phenoxy) is 2. The lowest BCUT2D eigenvalue weighted by Gasteiger charge is -2.21. The maximum atomic E-state index is 12.0. The zero-order chi connectivity index (χ0) is 16.9. The van der Waals surface area contributed by atoms with Gasteiger partial charge in [-0.2, -0.15) is 0 Å². The van der Waals surface area contributed by atoms with Crippen molar-refractivity contribution in [1.82, 2.24) is 10.3 Å². The van der Waals surface area contributed by atoms with Crippen molar-refractivity contribution in [1.29, 1.82) is 0 Å². The van der Waals surface area contributed by atoms with Crippen LogP contribution in [0.25, 0.3) is 0 Å². The van der Waals surface area contributed by atoms with Gasteiger partial charge in [-0.25, -0.2) is 0 Å². The Labute approximate surface area is 139 Å². The third-order valence-electron chi connectivity index (χ3n) is 3.59. The van der Waals surface area contributed by atoms with Gasteiger partial charge in [0.2, 0.25) is 12.7 Å². The van der Waals surface area contributed by atoms with Crippen LogP contribution >= 0.6 is 0 Å². The smallest absolute Gasteiger partial charge is 0.252 e. The maximum absolute atomic E-state index is 12.0. The summed E-state index contributed by atoms with van der Waals surface area (Å²) in [6.45, 7) is 2.33. The van der Waals surface area contributed by atoms with Crippen LogP contribution in [0, 0.1) is 0 Å². The summed E-state index contributed by atoms with van der Waals surface area (Å²) in [5.74, 6) is 0.923. The van der Waals surface area contributed by atoms with Gasteiger partial charge in [0.25, 0.3) is 5.91 Å². The van der Waals surface area contributed by atoms with Crippen molar-refractivity contribution in [3.63, 3.8) is 0 Å². The van der Waals surface area contributed by atoms with Gasteiger partial charge in [0.1, 0.15) is 0 Å². The second kappa shape index (κ2) is 6.99. The van der Waals surface area contributed by atoms with E-state index in [2.05, 4.69) is 10.3 Å². The number of hydrogen-bond donors (Lipinski definition) is 1. The minimum atomic E-state index is -0.225. The van der Waals surface area contributed by atoms with Crippen molar-refractivity contribution in [3.8, 4) is 11.5 Å². The number of nitrogens with zero attached hydrogens (tertiary/aromatic N) is 2. The number of benzene rings is 1. The van der Waals surface area contributed by atoms with Gasteiger partial charge in [-0.15, -0.1) is 0 Å². The molecule has 2 amide bonds. The molecule has 1 N–H and O–H groups in total. The van der Waals surface area contributed by atoms with Crippen LogP contribution in [0.1, 0.15) is 17.3 Å². The Kier molecular flexibility index (Phi) is 4.60. The van der Waals surface area contributed by atoms with Crippen LogP contribution in [0.2, 0.25) is 0 Å². The number of anilines is 1. The Bertz CT molecular complexity index is 749. The van der Waals surface area contributed by atoms with Gasteiger partial charge in [-0.3, -0.25) is 14.6 Å². The average molecular weight is 327 g/mol. The summed E-state index contributed by atoms with van der Waals surface area (Å²) in [5.41, 5.74) is 1.18. The monoisotopic (exact) mass is 327 g/mol. The molecule has 124 valence electrons. The molecule has 2 aromatic rings. The van der Waals surface area contributed by atoms with Gasteiger partial charge in [0.05, 0.1) is 5.56 Å². The van der Waals surface area contributed by atoms with Crippen molar-refractivity contribution >= 4 is 17.5 Å². The molecule has 7 nitrogen and oxygen atoms in total. The van der Waals surface area contributed by atoms with Crippen molar-refractivity contribution in [2.45, 2.75) is 6.92 Å². The fourth-order valence-electron chi connectivity index (χ4n) is 2.40. The molecule has 0 spiro atoms. The number of fused-ring (bicyclic) bond motifs is 1. The molecule has 0 bridgehead atoms. The summed E-state index contributed by atoms with van der Waals surface area (Å²) in [7, 11) is 0. The Morgan fingerprint density at radius 2 is 2.08 bits per heavy atom. The normalized spacial score (nSPS) is 11.9. The molecular formula is C17H17N3O4. The van der Waals surface area contributed by atoms with Crippen LogP contribution in [0.5, 0.6) is 11.5 Å². The largest absolute Gasteiger partial charge is 0.454 e. The van der Waals surface area contributed by atoms with Gasteiger partial charge in [-0.1, -0.05) is 0 Å². The van der Waals surface area contributed by atoms with Crippen LogP contribution in [0.15, 0.2) is 42.7 Å². The molecule has 1 aliphatic heterocycles. The minimum absolute atomic E-state index is 0.121. The first-order chi connectivity index (χ1) is 11.6. The molecule has 0 atom stereocenters. The highest BCUT2D eigenvalue weighted by atomic mass is 16.7. The number of amides is 2. The number of carbonyl (C=O) groups is 2. The van der Waals surface area contributed by atoms with E-state index in [1.165, 1.54) is 13.1 Å². The molecule has 0 radical (unpaired) electrons. The summed E-state index contributed by atoms with van der Waals surface area (Å²) in [5, 5.41) is 2.78. The molecule has 1 aromatic heterocycles. The van der Waals surface area contributed by atoms with Gasteiger partial charge >= 0.3 is 0 Å². The first-order valence-electron chi connectivity index (χ1n) is 7.51. The van der Waals surface area contributed by atoms with E-state index in [-0.39, 0.29) is 18.6 Å². The van der Waals surface area contributed by atoms with Gasteiger partial charge < -0.3 is 19.7 Å². The zero-order valence-electron chi connectivity index (χ0n) is 13.2. The highest BCUT2D eigenvalue weighted by molar-refractivity contribution is 5.94. The van der Waals surface area contributed by atoms with E-state index in [1.54, 1.807) is 41.4 Å². The van der Waals surface area contributed by atoms with E-state index in [0.29, 0.717) is 35.8 Å². The molecule has 0 unspecified atom stereocenters. The average Bonchev–Trinajstić information content (AvgIpc) is 3.06. The number of nitrogens with one attached hydrogen (secondary N) is 1. The molecule has 2 heterocycles. The summed E-state index contributed by atoms with van der Waals surface area (Å²) in [4.78, 5) is 29.4. The quantitative estimate of drug-likeness (QED) is 0.902. The first-order valence-corrected chi connectivity index (χ1v) is 7.51. The topological polar surface area (TPSA) is 80.8 Å². The van der Waals surface area contributed by atoms with Crippen LogP contribution in [-0.4, -0.2) is 36.7 Å². The Balaban J connectivity index is 1.63. The third kappa shape index (κ3) is 3.45. The van der Waals surface area contributed by atoms with E-state index in [1.807, 2.05) is 0 Å². The number of hydrogen-bond acceptors (Lipinski definition) is 5. The molecule has 3 rings (SSSR count). The summed E-state index contributed by atoms with van der Waals surface area (Å²) < 4.78 is 10.6. The van der Waals surface area contributed by atoms with Gasteiger partial charge in [0, 0.05) is 44.2 Å². The number of carbonyl (C=O) groups excluding carboxylic acids is 2. The molecule has 0 aliphatic carbocycles. The van der Waals surface area contributed by atoms with Crippen molar-refractivity contribution in [2.75, 3.05) is 24.8 Å². The predicted molar refractivity (Wildman–Crippen MR) is 87.2 cm³/mol. The lowest BCUT2D eigenvalue weighted by atomic mass is 10.2.